The molecule has 0 saturated heterocycles. The molecule has 8 nitrogen and oxygen atoms in total. The van der Waals surface area contributed by atoms with Crippen molar-refractivity contribution in [3.8, 4) is 0 Å². The molecule has 3 N–H and O–H groups in total. The van der Waals surface area contributed by atoms with Crippen LogP contribution in [-0.2, 0) is 49.3 Å². The van der Waals surface area contributed by atoms with Crippen molar-refractivity contribution < 1.29 is 41.1 Å². The molecule has 0 unspecified atom stereocenters. The standard InChI is InChI=1S/C13H17N6O2S.Y/c1-22(20,21)18-8-7-14-13-17-10-16-12(19-13)9-15-11-5-3-2-4-6-11;/h2-6,15,18H,7-9H2,1H3,(H,14,16,17,19);/q-1;. The van der Waals surface area contributed by atoms with Crippen LogP contribution in [0, 0.1) is 6.33 Å². The van der Waals surface area contributed by atoms with Crippen LogP contribution in [0.5, 0.6) is 0 Å². The molecular formula is C13H17N6O2SY-. The molecule has 0 aliphatic heterocycles. The van der Waals surface area contributed by atoms with E-state index in [4.69, 9.17) is 0 Å². The molecule has 0 bridgehead atoms. The molecule has 0 aliphatic carbocycles. The number of anilines is 2. The molecule has 10 heteroatoms. The van der Waals surface area contributed by atoms with Gasteiger partial charge in [0.25, 0.3) is 0 Å². The number of aromatic nitrogens is 3. The van der Waals surface area contributed by atoms with Gasteiger partial charge in [0.15, 0.2) is 0 Å². The predicted molar refractivity (Wildman–Crippen MR) is 83.8 cm³/mol. The summed E-state index contributed by atoms with van der Waals surface area (Å²) in [4.78, 5) is 12.0. The van der Waals surface area contributed by atoms with E-state index >= 15 is 0 Å². The van der Waals surface area contributed by atoms with Gasteiger partial charge in [-0.05, 0) is 12.1 Å². The molecule has 0 amide bonds. The minimum absolute atomic E-state index is 0. The molecular weight excluding hydrogens is 393 g/mol. The summed E-state index contributed by atoms with van der Waals surface area (Å²) < 4.78 is 24.2. The molecule has 2 aromatic rings. The first kappa shape index (κ1) is 19.9. The normalized spacial score (nSPS) is 10.7. The summed E-state index contributed by atoms with van der Waals surface area (Å²) >= 11 is 0. The summed E-state index contributed by atoms with van der Waals surface area (Å²) in [5.41, 5.74) is 0.967. The van der Waals surface area contributed by atoms with Crippen molar-refractivity contribution in [2.24, 2.45) is 0 Å². The second-order valence-corrected chi connectivity index (χ2v) is 6.32. The monoisotopic (exact) mass is 410 g/mol. The number of para-hydroxylation sites is 1. The summed E-state index contributed by atoms with van der Waals surface area (Å²) in [5, 5.41) is 6.09. The van der Waals surface area contributed by atoms with Gasteiger partial charge in [-0.2, -0.15) is 0 Å². The van der Waals surface area contributed by atoms with Crippen molar-refractivity contribution in [1.82, 2.24) is 19.7 Å². The van der Waals surface area contributed by atoms with Gasteiger partial charge in [-0.1, -0.05) is 18.2 Å². The van der Waals surface area contributed by atoms with E-state index in [0.717, 1.165) is 11.9 Å². The van der Waals surface area contributed by atoms with Crippen LogP contribution in [0.2, 0.25) is 0 Å². The van der Waals surface area contributed by atoms with Gasteiger partial charge in [-0.25, -0.2) is 13.1 Å². The first-order chi connectivity index (χ1) is 10.5. The van der Waals surface area contributed by atoms with Crippen LogP contribution in [0.3, 0.4) is 0 Å². The molecule has 0 spiro atoms. The van der Waals surface area contributed by atoms with Crippen LogP contribution < -0.4 is 15.4 Å². The van der Waals surface area contributed by atoms with Crippen molar-refractivity contribution in [3.05, 3.63) is 42.5 Å². The number of nitrogens with zero attached hydrogens (tertiary/aromatic N) is 3. The number of nitrogens with one attached hydrogen (secondary N) is 3. The third-order valence-corrected chi connectivity index (χ3v) is 3.30. The van der Waals surface area contributed by atoms with Gasteiger partial charge in [0.1, 0.15) is 5.95 Å². The van der Waals surface area contributed by atoms with Gasteiger partial charge in [0.2, 0.25) is 10.0 Å². The number of sulfonamides is 1. The maximum absolute atomic E-state index is 10.9. The molecule has 0 atom stereocenters. The van der Waals surface area contributed by atoms with Gasteiger partial charge in [-0.15, -0.1) is 0 Å². The smallest absolute Gasteiger partial charge is 0.208 e. The molecule has 0 fully saturated rings. The van der Waals surface area contributed by atoms with E-state index in [1.54, 1.807) is 0 Å². The van der Waals surface area contributed by atoms with Crippen LogP contribution in [0.4, 0.5) is 11.6 Å². The van der Waals surface area contributed by atoms with Gasteiger partial charge in [0.05, 0.1) is 6.26 Å². The molecule has 0 aliphatic rings. The number of hydrogen-bond donors (Lipinski definition) is 3. The van der Waals surface area contributed by atoms with Crippen LogP contribution in [0.25, 0.3) is 0 Å². The Balaban J connectivity index is 0.00000264. The van der Waals surface area contributed by atoms with Crippen LogP contribution in [0.1, 0.15) is 5.82 Å². The van der Waals surface area contributed by atoms with Gasteiger partial charge in [0, 0.05) is 70.2 Å². The van der Waals surface area contributed by atoms with Crippen molar-refractivity contribution in [1.29, 1.82) is 0 Å². The molecule has 0 saturated carbocycles. The fraction of sp³-hybridized carbons (Fsp3) is 0.308. The Morgan fingerprint density at radius 1 is 1.09 bits per heavy atom. The van der Waals surface area contributed by atoms with Gasteiger partial charge in [-0.3, -0.25) is 0 Å². The summed E-state index contributed by atoms with van der Waals surface area (Å²) in [6, 6.07) is 9.70. The topological polar surface area (TPSA) is 109 Å². The second-order valence-electron chi connectivity index (χ2n) is 4.49. The largest absolute Gasteiger partial charge is 0.405 e. The Bertz CT molecular complexity index is 699. The molecule has 1 aromatic carbocycles. The summed E-state index contributed by atoms with van der Waals surface area (Å²) in [7, 11) is -3.19. The van der Waals surface area contributed by atoms with Crippen molar-refractivity contribution >= 4 is 21.7 Å². The number of hydrogen-bond acceptors (Lipinski definition) is 7. The van der Waals surface area contributed by atoms with Crippen molar-refractivity contribution in [2.45, 2.75) is 6.54 Å². The summed E-state index contributed by atoms with van der Waals surface area (Å²) in [6.07, 6.45) is 3.63. The van der Waals surface area contributed by atoms with Crippen LogP contribution >= 0.6 is 0 Å². The average Bonchev–Trinajstić information content (AvgIpc) is 2.50. The van der Waals surface area contributed by atoms with E-state index in [9.17, 15) is 8.42 Å². The Morgan fingerprint density at radius 3 is 2.52 bits per heavy atom. The first-order valence-electron chi connectivity index (χ1n) is 6.61. The van der Waals surface area contributed by atoms with E-state index in [0.29, 0.717) is 24.9 Å². The maximum atomic E-state index is 10.9. The van der Waals surface area contributed by atoms with E-state index in [1.165, 1.54) is 0 Å². The molecule has 1 heterocycles. The number of rotatable bonds is 8. The predicted octanol–water partition coefficient (Wildman–Crippen LogP) is 0.242. The Hall–Kier alpha value is -1.16. The third-order valence-electron chi connectivity index (χ3n) is 2.57. The fourth-order valence-corrected chi connectivity index (χ4v) is 2.08. The molecule has 1 aromatic heterocycles. The summed E-state index contributed by atoms with van der Waals surface area (Å²) in [6.45, 7) is 1.07. The molecule has 2 rings (SSSR count). The fourth-order valence-electron chi connectivity index (χ4n) is 1.61. The quantitative estimate of drug-likeness (QED) is 0.423. The second kappa shape index (κ2) is 9.87. The van der Waals surface area contributed by atoms with Crippen molar-refractivity contribution in [3.63, 3.8) is 0 Å². The zero-order valence-corrected chi connectivity index (χ0v) is 16.3. The molecule has 23 heavy (non-hydrogen) atoms. The van der Waals surface area contributed by atoms with Gasteiger partial charge < -0.3 is 25.6 Å². The van der Waals surface area contributed by atoms with E-state index in [2.05, 4.69) is 36.6 Å². The van der Waals surface area contributed by atoms with Gasteiger partial charge >= 0.3 is 0 Å². The number of benzene rings is 1. The molecule has 1 radical (unpaired) electrons. The SMILES string of the molecule is CS(=O)(=O)NCCNc1n[c-]nc(CNc2ccccc2)n1.[Y]. The average molecular weight is 410 g/mol. The van der Waals surface area contributed by atoms with E-state index in [-0.39, 0.29) is 39.3 Å². The maximum Gasteiger partial charge on any atom is 0.208 e. The summed E-state index contributed by atoms with van der Waals surface area (Å²) in [5.74, 6) is 0.896. The zero-order valence-electron chi connectivity index (χ0n) is 12.7. The first-order valence-corrected chi connectivity index (χ1v) is 8.50. The molecule has 121 valence electrons. The van der Waals surface area contributed by atoms with Crippen molar-refractivity contribution in [2.75, 3.05) is 30.0 Å². The Labute approximate surface area is 160 Å². The minimum atomic E-state index is -3.19. The Morgan fingerprint density at radius 2 is 1.83 bits per heavy atom. The van der Waals surface area contributed by atoms with E-state index in [1.807, 2.05) is 30.3 Å². The third kappa shape index (κ3) is 8.31. The van der Waals surface area contributed by atoms with Crippen LogP contribution in [0.15, 0.2) is 30.3 Å². The minimum Gasteiger partial charge on any atom is -0.405 e. The Kier molecular flexibility index (Phi) is 8.53. The van der Waals surface area contributed by atoms with E-state index < -0.39 is 10.0 Å². The van der Waals surface area contributed by atoms with Crippen LogP contribution in [-0.4, -0.2) is 42.7 Å². The zero-order chi connectivity index (χ0) is 15.8.